The molecule has 1 atom stereocenters. The largest absolute Gasteiger partial charge is 0.320 e. The average molecular weight is 443 g/mol. The van der Waals surface area contributed by atoms with E-state index in [1.807, 2.05) is 42.5 Å². The van der Waals surface area contributed by atoms with Crippen LogP contribution in [0.3, 0.4) is 0 Å². The Hall–Kier alpha value is -4.10. The second kappa shape index (κ2) is 9.18. The molecule has 0 saturated carbocycles. The Morgan fingerprint density at radius 1 is 1.06 bits per heavy atom. The molecule has 0 N–H and O–H groups in total. The molecule has 0 radical (unpaired) electrons. The normalized spacial score (nSPS) is 16.6. The van der Waals surface area contributed by atoms with E-state index in [0.29, 0.717) is 11.1 Å². The quantitative estimate of drug-likeness (QED) is 0.444. The van der Waals surface area contributed by atoms with E-state index in [1.54, 1.807) is 6.07 Å². The second-order valence-electron chi connectivity index (χ2n) is 7.85. The van der Waals surface area contributed by atoms with E-state index in [1.165, 1.54) is 18.5 Å². The summed E-state index contributed by atoms with van der Waals surface area (Å²) in [6.07, 6.45) is 1.84. The molecule has 0 aliphatic carbocycles. The summed E-state index contributed by atoms with van der Waals surface area (Å²) >= 11 is 0. The molecule has 1 aromatic heterocycles. The Kier molecular flexibility index (Phi) is 6.15. The molecule has 1 aliphatic heterocycles. The maximum atomic E-state index is 13.6. The van der Waals surface area contributed by atoms with Crippen LogP contribution in [0.5, 0.6) is 0 Å². The number of aromatic nitrogens is 1. The summed E-state index contributed by atoms with van der Waals surface area (Å²) in [4.78, 5) is 30.1. The summed E-state index contributed by atoms with van der Waals surface area (Å²) in [5.74, 6) is 2.03. The van der Waals surface area contributed by atoms with Gasteiger partial charge in [0.25, 0.3) is 5.92 Å². The third kappa shape index (κ3) is 4.88. The number of likely N-dealkylation sites (tertiary alicyclic amines) is 1. The van der Waals surface area contributed by atoms with Crippen molar-refractivity contribution in [2.45, 2.75) is 31.2 Å². The Labute approximate surface area is 189 Å². The van der Waals surface area contributed by atoms with Crippen LogP contribution in [-0.4, -0.2) is 40.1 Å². The van der Waals surface area contributed by atoms with Gasteiger partial charge in [0.05, 0.1) is 18.2 Å². The van der Waals surface area contributed by atoms with Crippen molar-refractivity contribution >= 4 is 22.5 Å². The molecular formula is C26H19F2N3O2. The summed E-state index contributed by atoms with van der Waals surface area (Å²) in [5.41, 5.74) is 1.54. The van der Waals surface area contributed by atoms with Gasteiger partial charge >= 0.3 is 0 Å². The average Bonchev–Trinajstić information content (AvgIpc) is 3.15. The van der Waals surface area contributed by atoms with Gasteiger partial charge in [-0.1, -0.05) is 48.2 Å². The van der Waals surface area contributed by atoms with Crippen molar-refractivity contribution < 1.29 is 18.4 Å². The zero-order valence-electron chi connectivity index (χ0n) is 17.6. The number of nitriles is 1. The fourth-order valence-electron chi connectivity index (χ4n) is 3.90. The highest BCUT2D eigenvalue weighted by atomic mass is 19.3. The molecule has 0 bridgehead atoms. The number of Topliss-reactive ketones (excluding diaryl/α,β-unsaturated/α-hetero) is 1. The number of amides is 1. The van der Waals surface area contributed by atoms with E-state index in [-0.39, 0.29) is 18.6 Å². The smallest absolute Gasteiger partial charge is 0.268 e. The minimum absolute atomic E-state index is 0.175. The van der Waals surface area contributed by atoms with Gasteiger partial charge in [0.15, 0.2) is 5.78 Å². The highest BCUT2D eigenvalue weighted by molar-refractivity contribution is 6.00. The first-order valence-corrected chi connectivity index (χ1v) is 10.4. The topological polar surface area (TPSA) is 74.1 Å². The highest BCUT2D eigenvalue weighted by Gasteiger charge is 2.47. The van der Waals surface area contributed by atoms with Gasteiger partial charge in [-0.05, 0) is 22.9 Å². The third-order valence-corrected chi connectivity index (χ3v) is 5.55. The van der Waals surface area contributed by atoms with Crippen molar-refractivity contribution in [3.8, 4) is 17.9 Å². The van der Waals surface area contributed by atoms with E-state index < -0.39 is 30.8 Å². The number of carbonyl (C=O) groups excluding carboxylic acids is 2. The van der Waals surface area contributed by atoms with Gasteiger partial charge in [0.1, 0.15) is 6.04 Å². The lowest BCUT2D eigenvalue weighted by molar-refractivity contribution is -0.132. The van der Waals surface area contributed by atoms with Crippen molar-refractivity contribution in [1.82, 2.24) is 9.88 Å². The number of rotatable bonds is 4. The van der Waals surface area contributed by atoms with Gasteiger partial charge in [-0.2, -0.15) is 5.26 Å². The summed E-state index contributed by atoms with van der Waals surface area (Å²) in [7, 11) is 0. The van der Waals surface area contributed by atoms with E-state index in [4.69, 9.17) is 5.26 Å². The molecule has 5 nitrogen and oxygen atoms in total. The van der Waals surface area contributed by atoms with Crippen LogP contribution in [0, 0.1) is 23.2 Å². The predicted molar refractivity (Wildman–Crippen MR) is 118 cm³/mol. The second-order valence-corrected chi connectivity index (χ2v) is 7.85. The van der Waals surface area contributed by atoms with E-state index in [0.717, 1.165) is 21.2 Å². The van der Waals surface area contributed by atoms with Crippen molar-refractivity contribution in [3.05, 3.63) is 77.6 Å². The number of pyridine rings is 1. The first-order chi connectivity index (χ1) is 15.9. The molecule has 1 saturated heterocycles. The molecule has 1 fully saturated rings. The minimum Gasteiger partial charge on any atom is -0.320 e. The number of hydrogen-bond acceptors (Lipinski definition) is 4. The third-order valence-electron chi connectivity index (χ3n) is 5.55. The maximum absolute atomic E-state index is 13.6. The van der Waals surface area contributed by atoms with Crippen LogP contribution in [0.25, 0.3) is 10.8 Å². The zero-order valence-corrected chi connectivity index (χ0v) is 17.6. The van der Waals surface area contributed by atoms with Crippen molar-refractivity contribution in [2.75, 3.05) is 6.54 Å². The molecule has 4 rings (SSSR count). The molecule has 0 unspecified atom stereocenters. The summed E-state index contributed by atoms with van der Waals surface area (Å²) < 4.78 is 27.2. The molecule has 7 heteroatoms. The molecule has 2 aromatic carbocycles. The molecule has 1 aliphatic rings. The van der Waals surface area contributed by atoms with Crippen molar-refractivity contribution in [2.24, 2.45) is 0 Å². The van der Waals surface area contributed by atoms with Gasteiger partial charge in [0, 0.05) is 42.8 Å². The number of ketones is 1. The molecule has 33 heavy (non-hydrogen) atoms. The van der Waals surface area contributed by atoms with Crippen LogP contribution in [0.2, 0.25) is 0 Å². The van der Waals surface area contributed by atoms with Gasteiger partial charge in [-0.3, -0.25) is 14.6 Å². The standard InChI is InChI=1S/C26H19F2N3O2/c27-26(28)14-21(15-29)31(17-26)25(33)11-10-24(32)23-12-13-30-16-20(23)9-8-19-6-3-5-18-4-1-2-7-22(18)19/h1-7,12-13,16,21H,10-11,14,17H2/t21-/m0/s1. The Morgan fingerprint density at radius 2 is 1.82 bits per heavy atom. The number of nitrogens with zero attached hydrogens (tertiary/aromatic N) is 3. The van der Waals surface area contributed by atoms with Crippen LogP contribution in [0.4, 0.5) is 8.78 Å². The van der Waals surface area contributed by atoms with Gasteiger partial charge in [-0.15, -0.1) is 0 Å². The summed E-state index contributed by atoms with van der Waals surface area (Å²) in [6, 6.07) is 15.7. The van der Waals surface area contributed by atoms with Crippen LogP contribution >= 0.6 is 0 Å². The first-order valence-electron chi connectivity index (χ1n) is 10.4. The lowest BCUT2D eigenvalue weighted by atomic mass is 10.0. The Morgan fingerprint density at radius 3 is 2.64 bits per heavy atom. The minimum atomic E-state index is -3.09. The number of fused-ring (bicyclic) bond motifs is 1. The molecule has 164 valence electrons. The SMILES string of the molecule is N#C[C@@H]1CC(F)(F)CN1C(=O)CCC(=O)c1ccncc1C#Cc1cccc2ccccc12. The first kappa shape index (κ1) is 22.1. The highest BCUT2D eigenvalue weighted by Crippen LogP contribution is 2.32. The number of hydrogen-bond donors (Lipinski definition) is 0. The van der Waals surface area contributed by atoms with E-state index in [9.17, 15) is 18.4 Å². The number of carbonyl (C=O) groups is 2. The van der Waals surface area contributed by atoms with Crippen LogP contribution in [-0.2, 0) is 4.79 Å². The van der Waals surface area contributed by atoms with Gasteiger partial charge in [-0.25, -0.2) is 8.78 Å². The number of halogens is 2. The fraction of sp³-hybridized carbons (Fsp3) is 0.231. The Balaban J connectivity index is 1.50. The van der Waals surface area contributed by atoms with E-state index in [2.05, 4.69) is 16.8 Å². The number of alkyl halides is 2. The fourth-order valence-corrected chi connectivity index (χ4v) is 3.90. The predicted octanol–water partition coefficient (Wildman–Crippen LogP) is 4.36. The molecule has 1 amide bonds. The molecule has 0 spiro atoms. The zero-order chi connectivity index (χ0) is 23.4. The van der Waals surface area contributed by atoms with Gasteiger partial charge in [0.2, 0.25) is 5.91 Å². The van der Waals surface area contributed by atoms with E-state index >= 15 is 0 Å². The summed E-state index contributed by atoms with van der Waals surface area (Å²) in [5, 5.41) is 11.1. The molecular weight excluding hydrogens is 424 g/mol. The lowest BCUT2D eigenvalue weighted by Crippen LogP contribution is -2.36. The molecule has 2 heterocycles. The molecule has 3 aromatic rings. The van der Waals surface area contributed by atoms with Crippen LogP contribution < -0.4 is 0 Å². The van der Waals surface area contributed by atoms with Crippen molar-refractivity contribution in [3.63, 3.8) is 0 Å². The van der Waals surface area contributed by atoms with Crippen LogP contribution in [0.1, 0.15) is 40.7 Å². The Bertz CT molecular complexity index is 1330. The van der Waals surface area contributed by atoms with Crippen molar-refractivity contribution in [1.29, 1.82) is 5.26 Å². The van der Waals surface area contributed by atoms with Gasteiger partial charge < -0.3 is 4.90 Å². The maximum Gasteiger partial charge on any atom is 0.268 e. The lowest BCUT2D eigenvalue weighted by Gasteiger charge is -2.18. The summed E-state index contributed by atoms with van der Waals surface area (Å²) in [6.45, 7) is -0.796. The number of benzene rings is 2. The monoisotopic (exact) mass is 443 g/mol. The van der Waals surface area contributed by atoms with Crippen LogP contribution in [0.15, 0.2) is 60.9 Å².